The van der Waals surface area contributed by atoms with E-state index in [1.165, 1.54) is 22.0 Å². The Balaban J connectivity index is 1.14. The number of ether oxygens (including phenoxy) is 2. The summed E-state index contributed by atoms with van der Waals surface area (Å²) >= 11 is 0. The molecule has 0 radical (unpaired) electrons. The van der Waals surface area contributed by atoms with E-state index >= 15 is 0 Å². The molecule has 31 heavy (non-hydrogen) atoms. The van der Waals surface area contributed by atoms with E-state index < -0.39 is 0 Å². The van der Waals surface area contributed by atoms with E-state index in [1.807, 2.05) is 17.0 Å². The van der Waals surface area contributed by atoms with Crippen LogP contribution in [0.4, 0.5) is 5.69 Å². The lowest BCUT2D eigenvalue weighted by Crippen LogP contribution is -2.49. The standard InChI is InChI=1S/C25H29N3O3/c1-18-8-9-21-20(16-18)19(17-26-21)4-2-7-24(29)28-12-10-27(11-13-28)22-5-3-6-23-25(22)31-15-14-30-23/h3,5-6,8-9,16-17,26H,2,4,7,10-15H2,1H3. The quantitative estimate of drug-likeness (QED) is 0.681. The van der Waals surface area contributed by atoms with E-state index in [2.05, 4.69) is 47.3 Å². The molecule has 0 spiro atoms. The highest BCUT2D eigenvalue weighted by Gasteiger charge is 2.25. The molecule has 0 bridgehead atoms. The molecule has 2 aliphatic heterocycles. The van der Waals surface area contributed by atoms with Crippen molar-refractivity contribution >= 4 is 22.5 Å². The first-order valence-electron chi connectivity index (χ1n) is 11.2. The summed E-state index contributed by atoms with van der Waals surface area (Å²) in [4.78, 5) is 20.4. The van der Waals surface area contributed by atoms with Crippen molar-refractivity contribution in [3.63, 3.8) is 0 Å². The molecule has 1 N–H and O–H groups in total. The van der Waals surface area contributed by atoms with E-state index in [-0.39, 0.29) is 5.91 Å². The van der Waals surface area contributed by atoms with Gasteiger partial charge in [0.2, 0.25) is 5.91 Å². The minimum atomic E-state index is 0.255. The Hall–Kier alpha value is -3.15. The number of anilines is 1. The van der Waals surface area contributed by atoms with Gasteiger partial charge in [0.05, 0.1) is 5.69 Å². The SMILES string of the molecule is Cc1ccc2[nH]cc(CCCC(=O)N3CCN(c4cccc5c4OCCO5)CC3)c2c1. The summed E-state index contributed by atoms with van der Waals surface area (Å²) in [6.07, 6.45) is 4.47. The Morgan fingerprint density at radius 1 is 1.06 bits per heavy atom. The van der Waals surface area contributed by atoms with Crippen LogP contribution in [0.15, 0.2) is 42.6 Å². The Morgan fingerprint density at radius 2 is 1.90 bits per heavy atom. The van der Waals surface area contributed by atoms with E-state index in [0.29, 0.717) is 19.6 Å². The van der Waals surface area contributed by atoms with Gasteiger partial charge in [0.1, 0.15) is 13.2 Å². The van der Waals surface area contributed by atoms with Crippen molar-refractivity contribution in [3.8, 4) is 11.5 Å². The van der Waals surface area contributed by atoms with Crippen molar-refractivity contribution in [1.29, 1.82) is 0 Å². The molecule has 6 heteroatoms. The molecule has 1 aromatic heterocycles. The first kappa shape index (κ1) is 19.8. The summed E-state index contributed by atoms with van der Waals surface area (Å²) in [5, 5.41) is 1.28. The minimum absolute atomic E-state index is 0.255. The average molecular weight is 420 g/mol. The van der Waals surface area contributed by atoms with Crippen LogP contribution in [-0.2, 0) is 11.2 Å². The molecule has 1 saturated heterocycles. The van der Waals surface area contributed by atoms with Gasteiger partial charge in [-0.15, -0.1) is 0 Å². The van der Waals surface area contributed by atoms with Crippen LogP contribution >= 0.6 is 0 Å². The molecule has 3 aromatic rings. The summed E-state index contributed by atoms with van der Waals surface area (Å²) in [7, 11) is 0. The summed E-state index contributed by atoms with van der Waals surface area (Å²) in [6, 6.07) is 12.5. The Bertz CT molecular complexity index is 1080. The number of benzene rings is 2. The summed E-state index contributed by atoms with van der Waals surface area (Å²) < 4.78 is 11.6. The highest BCUT2D eigenvalue weighted by atomic mass is 16.6. The molecule has 6 nitrogen and oxygen atoms in total. The molecule has 3 heterocycles. The number of piperazine rings is 1. The number of carbonyl (C=O) groups excluding carboxylic acids is 1. The third kappa shape index (κ3) is 4.07. The van der Waals surface area contributed by atoms with E-state index in [1.54, 1.807) is 0 Å². The zero-order valence-electron chi connectivity index (χ0n) is 18.0. The zero-order chi connectivity index (χ0) is 21.2. The van der Waals surface area contributed by atoms with Crippen molar-refractivity contribution < 1.29 is 14.3 Å². The molecule has 2 aromatic carbocycles. The maximum atomic E-state index is 12.8. The average Bonchev–Trinajstić information content (AvgIpc) is 3.21. The molecule has 0 saturated carbocycles. The minimum Gasteiger partial charge on any atom is -0.486 e. The highest BCUT2D eigenvalue weighted by Crippen LogP contribution is 2.39. The van der Waals surface area contributed by atoms with Gasteiger partial charge in [0.25, 0.3) is 0 Å². The number of aryl methyl sites for hydroxylation is 2. The Kier molecular flexibility index (Phi) is 5.45. The van der Waals surface area contributed by atoms with Gasteiger partial charge < -0.3 is 24.3 Å². The topological polar surface area (TPSA) is 57.8 Å². The Morgan fingerprint density at radius 3 is 2.77 bits per heavy atom. The lowest BCUT2D eigenvalue weighted by atomic mass is 10.0. The van der Waals surface area contributed by atoms with Crippen LogP contribution in [0.5, 0.6) is 11.5 Å². The molecule has 1 amide bonds. The number of hydrogen-bond acceptors (Lipinski definition) is 4. The fourth-order valence-corrected chi connectivity index (χ4v) is 4.59. The summed E-state index contributed by atoms with van der Waals surface area (Å²) in [6.45, 7) is 6.41. The first-order chi connectivity index (χ1) is 15.2. The number of carbonyl (C=O) groups is 1. The van der Waals surface area contributed by atoms with Gasteiger partial charge in [-0.2, -0.15) is 0 Å². The first-order valence-corrected chi connectivity index (χ1v) is 11.2. The van der Waals surface area contributed by atoms with Crippen molar-refractivity contribution in [2.75, 3.05) is 44.3 Å². The third-order valence-corrected chi connectivity index (χ3v) is 6.28. The number of aromatic amines is 1. The van der Waals surface area contributed by atoms with Crippen LogP contribution in [0.25, 0.3) is 10.9 Å². The van der Waals surface area contributed by atoms with Crippen molar-refractivity contribution in [3.05, 3.63) is 53.7 Å². The predicted octanol–water partition coefficient (Wildman–Crippen LogP) is 3.92. The number of amides is 1. The molecule has 0 aliphatic carbocycles. The van der Waals surface area contributed by atoms with Gasteiger partial charge in [-0.25, -0.2) is 0 Å². The van der Waals surface area contributed by atoms with Crippen LogP contribution in [0.1, 0.15) is 24.0 Å². The van der Waals surface area contributed by atoms with E-state index in [4.69, 9.17) is 9.47 Å². The largest absolute Gasteiger partial charge is 0.486 e. The number of H-pyrrole nitrogens is 1. The molecule has 2 aliphatic rings. The van der Waals surface area contributed by atoms with Gasteiger partial charge in [-0.05, 0) is 49.6 Å². The second kappa shape index (κ2) is 8.53. The maximum Gasteiger partial charge on any atom is 0.222 e. The van der Waals surface area contributed by atoms with Crippen molar-refractivity contribution in [2.24, 2.45) is 0 Å². The number of fused-ring (bicyclic) bond motifs is 2. The fourth-order valence-electron chi connectivity index (χ4n) is 4.59. The number of aromatic nitrogens is 1. The molecule has 5 rings (SSSR count). The smallest absolute Gasteiger partial charge is 0.222 e. The van der Waals surface area contributed by atoms with Crippen LogP contribution in [0.3, 0.4) is 0 Å². The van der Waals surface area contributed by atoms with Crippen molar-refractivity contribution in [1.82, 2.24) is 9.88 Å². The normalized spacial score (nSPS) is 16.0. The van der Waals surface area contributed by atoms with E-state index in [9.17, 15) is 4.79 Å². The van der Waals surface area contributed by atoms with Gasteiger partial charge in [0.15, 0.2) is 11.5 Å². The van der Waals surface area contributed by atoms with Gasteiger partial charge in [0, 0.05) is 49.7 Å². The number of nitrogens with one attached hydrogen (secondary N) is 1. The summed E-state index contributed by atoms with van der Waals surface area (Å²) in [5.74, 6) is 1.91. The van der Waals surface area contributed by atoms with Crippen LogP contribution in [0, 0.1) is 6.92 Å². The number of para-hydroxylation sites is 1. The number of rotatable bonds is 5. The number of hydrogen-bond donors (Lipinski definition) is 1. The monoisotopic (exact) mass is 419 g/mol. The second-order valence-electron chi connectivity index (χ2n) is 8.39. The number of nitrogens with zero attached hydrogens (tertiary/aromatic N) is 2. The highest BCUT2D eigenvalue weighted by molar-refractivity contribution is 5.84. The Labute approximate surface area is 182 Å². The molecule has 1 fully saturated rings. The second-order valence-corrected chi connectivity index (χ2v) is 8.39. The van der Waals surface area contributed by atoms with E-state index in [0.717, 1.165) is 56.2 Å². The molecule has 0 unspecified atom stereocenters. The molecular formula is C25H29N3O3. The molecular weight excluding hydrogens is 390 g/mol. The van der Waals surface area contributed by atoms with Crippen LogP contribution in [0.2, 0.25) is 0 Å². The van der Waals surface area contributed by atoms with Gasteiger partial charge in [-0.1, -0.05) is 17.7 Å². The lowest BCUT2D eigenvalue weighted by Gasteiger charge is -2.37. The van der Waals surface area contributed by atoms with Crippen LogP contribution in [-0.4, -0.2) is 55.2 Å². The van der Waals surface area contributed by atoms with Crippen LogP contribution < -0.4 is 14.4 Å². The van der Waals surface area contributed by atoms with Gasteiger partial charge >= 0.3 is 0 Å². The maximum absolute atomic E-state index is 12.8. The summed E-state index contributed by atoms with van der Waals surface area (Å²) in [5.41, 5.74) is 4.80. The lowest BCUT2D eigenvalue weighted by molar-refractivity contribution is -0.131. The third-order valence-electron chi connectivity index (χ3n) is 6.28. The van der Waals surface area contributed by atoms with Crippen molar-refractivity contribution in [2.45, 2.75) is 26.2 Å². The zero-order valence-corrected chi connectivity index (χ0v) is 18.0. The predicted molar refractivity (Wildman–Crippen MR) is 122 cm³/mol. The van der Waals surface area contributed by atoms with Gasteiger partial charge in [-0.3, -0.25) is 4.79 Å². The molecule has 0 atom stereocenters. The fraction of sp³-hybridized carbons (Fsp3) is 0.400. The molecule has 162 valence electrons.